The molecule has 3 aromatic rings. The van der Waals surface area contributed by atoms with Gasteiger partial charge in [0, 0.05) is 23.2 Å². The summed E-state index contributed by atoms with van der Waals surface area (Å²) in [4.78, 5) is 16.4. The number of rotatable bonds is 6. The van der Waals surface area contributed by atoms with Crippen molar-refractivity contribution in [1.82, 2.24) is 10.6 Å². The van der Waals surface area contributed by atoms with Crippen LogP contribution in [0.2, 0.25) is 0 Å². The number of benzene rings is 2. The van der Waals surface area contributed by atoms with Crippen LogP contribution in [0.3, 0.4) is 0 Å². The fourth-order valence-corrected chi connectivity index (χ4v) is 2.77. The number of amides is 1. The van der Waals surface area contributed by atoms with Gasteiger partial charge in [-0.2, -0.15) is 0 Å². The molecule has 3 N–H and O–H groups in total. The molecule has 28 heavy (non-hydrogen) atoms. The average molecular weight is 492 g/mol. The molecule has 0 unspecified atom stereocenters. The van der Waals surface area contributed by atoms with Crippen molar-refractivity contribution in [3.63, 3.8) is 0 Å². The number of guanidine groups is 1. The zero-order valence-corrected chi connectivity index (χ0v) is 18.3. The molecule has 0 saturated heterocycles. The number of hydrogen-bond acceptors (Lipinski definition) is 3. The molecule has 148 valence electrons. The number of aryl methyl sites for hydroxylation is 1. The van der Waals surface area contributed by atoms with Crippen molar-refractivity contribution in [3.05, 3.63) is 65.9 Å². The second kappa shape index (κ2) is 10.7. The standard InChI is InChI=1S/C21H24N4O2.HI/c1-3-22-21(24-14-20(26)25-16-9-5-4-6-10-16)23-13-19-15(2)17-11-7-8-12-18(17)27-19;/h4-12H,3,13-14H2,1-2H3,(H,25,26)(H2,22,23,24);1H. The van der Waals surface area contributed by atoms with Crippen molar-refractivity contribution in [2.45, 2.75) is 20.4 Å². The van der Waals surface area contributed by atoms with Crippen molar-refractivity contribution in [2.75, 3.05) is 18.4 Å². The van der Waals surface area contributed by atoms with Crippen LogP contribution in [0.4, 0.5) is 5.69 Å². The normalized spacial score (nSPS) is 11.0. The van der Waals surface area contributed by atoms with Gasteiger partial charge in [-0.25, -0.2) is 4.99 Å². The molecule has 1 heterocycles. The van der Waals surface area contributed by atoms with Crippen molar-refractivity contribution < 1.29 is 9.21 Å². The molecule has 0 atom stereocenters. The van der Waals surface area contributed by atoms with Gasteiger partial charge in [0.05, 0.1) is 6.54 Å². The van der Waals surface area contributed by atoms with E-state index in [-0.39, 0.29) is 36.4 Å². The molecule has 2 aromatic carbocycles. The van der Waals surface area contributed by atoms with E-state index in [1.54, 1.807) is 0 Å². The monoisotopic (exact) mass is 492 g/mol. The lowest BCUT2D eigenvalue weighted by atomic mass is 10.1. The predicted octanol–water partition coefficient (Wildman–Crippen LogP) is 4.05. The maximum atomic E-state index is 12.1. The first-order valence-electron chi connectivity index (χ1n) is 9.01. The lowest BCUT2D eigenvalue weighted by Crippen LogP contribution is -2.37. The molecule has 0 saturated carbocycles. The average Bonchev–Trinajstić information content (AvgIpc) is 3.01. The summed E-state index contributed by atoms with van der Waals surface area (Å²) in [6.07, 6.45) is 0. The van der Waals surface area contributed by atoms with E-state index in [4.69, 9.17) is 4.42 Å². The van der Waals surface area contributed by atoms with E-state index in [2.05, 4.69) is 20.9 Å². The molecular weight excluding hydrogens is 467 g/mol. The molecule has 0 aliphatic heterocycles. The number of furan rings is 1. The van der Waals surface area contributed by atoms with E-state index in [0.29, 0.717) is 19.0 Å². The summed E-state index contributed by atoms with van der Waals surface area (Å²) in [5, 5.41) is 10.3. The lowest BCUT2D eigenvalue weighted by molar-refractivity contribution is -0.114. The summed E-state index contributed by atoms with van der Waals surface area (Å²) in [7, 11) is 0. The third-order valence-electron chi connectivity index (χ3n) is 4.14. The van der Waals surface area contributed by atoms with Crippen molar-refractivity contribution >= 4 is 52.5 Å². The molecular formula is C21H25IN4O2. The first-order chi connectivity index (χ1) is 13.2. The summed E-state index contributed by atoms with van der Waals surface area (Å²) in [6.45, 7) is 5.25. The largest absolute Gasteiger partial charge is 0.459 e. The molecule has 3 rings (SSSR count). The number of para-hydroxylation sites is 2. The van der Waals surface area contributed by atoms with E-state index in [1.165, 1.54) is 0 Å². The van der Waals surface area contributed by atoms with Gasteiger partial charge >= 0.3 is 0 Å². The molecule has 7 heteroatoms. The van der Waals surface area contributed by atoms with Gasteiger partial charge in [-0.1, -0.05) is 36.4 Å². The van der Waals surface area contributed by atoms with Gasteiger partial charge in [0.1, 0.15) is 17.9 Å². The summed E-state index contributed by atoms with van der Waals surface area (Å²) < 4.78 is 5.91. The van der Waals surface area contributed by atoms with Gasteiger partial charge in [-0.3, -0.25) is 4.79 Å². The molecule has 0 bridgehead atoms. The van der Waals surface area contributed by atoms with Crippen LogP contribution in [0.15, 0.2) is 64.0 Å². The zero-order valence-electron chi connectivity index (χ0n) is 16.0. The van der Waals surface area contributed by atoms with Crippen LogP contribution in [0.1, 0.15) is 18.2 Å². The molecule has 6 nitrogen and oxygen atoms in total. The number of nitrogens with zero attached hydrogens (tertiary/aromatic N) is 1. The van der Waals surface area contributed by atoms with Crippen molar-refractivity contribution in [2.24, 2.45) is 4.99 Å². The highest BCUT2D eigenvalue weighted by Crippen LogP contribution is 2.24. The van der Waals surface area contributed by atoms with E-state index >= 15 is 0 Å². The Morgan fingerprint density at radius 1 is 1.04 bits per heavy atom. The van der Waals surface area contributed by atoms with Crippen LogP contribution in [0, 0.1) is 6.92 Å². The Labute approximate surface area is 181 Å². The number of fused-ring (bicyclic) bond motifs is 1. The molecule has 0 radical (unpaired) electrons. The quantitative estimate of drug-likeness (QED) is 0.276. The van der Waals surface area contributed by atoms with E-state index < -0.39 is 0 Å². The first kappa shape index (κ1) is 21.7. The number of carbonyl (C=O) groups excluding carboxylic acids is 1. The number of anilines is 1. The van der Waals surface area contributed by atoms with E-state index in [9.17, 15) is 4.79 Å². The Morgan fingerprint density at radius 2 is 1.75 bits per heavy atom. The number of hydrogen-bond donors (Lipinski definition) is 3. The highest BCUT2D eigenvalue weighted by molar-refractivity contribution is 14.0. The Morgan fingerprint density at radius 3 is 2.46 bits per heavy atom. The van der Waals surface area contributed by atoms with Crippen LogP contribution < -0.4 is 16.0 Å². The number of nitrogens with one attached hydrogen (secondary N) is 3. The van der Waals surface area contributed by atoms with Crippen LogP contribution in [-0.2, 0) is 11.3 Å². The van der Waals surface area contributed by atoms with Crippen LogP contribution in [0.5, 0.6) is 0 Å². The Bertz CT molecular complexity index is 938. The smallest absolute Gasteiger partial charge is 0.246 e. The summed E-state index contributed by atoms with van der Waals surface area (Å²) in [5.74, 6) is 1.26. The molecule has 1 aromatic heterocycles. The highest BCUT2D eigenvalue weighted by atomic mass is 127. The Balaban J connectivity index is 0.00000280. The Kier molecular flexibility index (Phi) is 8.31. The summed E-state index contributed by atoms with van der Waals surface area (Å²) >= 11 is 0. The molecule has 0 aliphatic rings. The van der Waals surface area contributed by atoms with Crippen molar-refractivity contribution in [3.8, 4) is 0 Å². The SMILES string of the molecule is CCNC(=NCC(=O)Nc1ccccc1)NCc1oc2ccccc2c1C.I. The maximum Gasteiger partial charge on any atom is 0.246 e. The fourth-order valence-electron chi connectivity index (χ4n) is 2.77. The highest BCUT2D eigenvalue weighted by Gasteiger charge is 2.10. The van der Waals surface area contributed by atoms with Crippen LogP contribution >= 0.6 is 24.0 Å². The minimum Gasteiger partial charge on any atom is -0.459 e. The third-order valence-corrected chi connectivity index (χ3v) is 4.14. The molecule has 0 aliphatic carbocycles. The maximum absolute atomic E-state index is 12.1. The lowest BCUT2D eigenvalue weighted by Gasteiger charge is -2.10. The second-order valence-electron chi connectivity index (χ2n) is 6.11. The van der Waals surface area contributed by atoms with Gasteiger partial charge in [0.2, 0.25) is 5.91 Å². The number of aliphatic imine (C=N–C) groups is 1. The molecule has 0 fully saturated rings. The Hall–Kier alpha value is -2.55. The molecule has 0 spiro atoms. The predicted molar refractivity (Wildman–Crippen MR) is 124 cm³/mol. The summed E-state index contributed by atoms with van der Waals surface area (Å²) in [5.41, 5.74) is 2.74. The first-order valence-corrected chi connectivity index (χ1v) is 9.01. The third kappa shape index (κ3) is 5.72. The zero-order chi connectivity index (χ0) is 19.1. The topological polar surface area (TPSA) is 78.7 Å². The van der Waals surface area contributed by atoms with Crippen LogP contribution in [-0.4, -0.2) is 25.0 Å². The van der Waals surface area contributed by atoms with Gasteiger partial charge in [0.15, 0.2) is 5.96 Å². The minimum absolute atomic E-state index is 0. The second-order valence-corrected chi connectivity index (χ2v) is 6.11. The van der Waals surface area contributed by atoms with E-state index in [0.717, 1.165) is 28.0 Å². The van der Waals surface area contributed by atoms with Gasteiger partial charge in [-0.05, 0) is 32.0 Å². The van der Waals surface area contributed by atoms with Crippen molar-refractivity contribution in [1.29, 1.82) is 0 Å². The fraction of sp³-hybridized carbons (Fsp3) is 0.238. The van der Waals surface area contributed by atoms with Gasteiger partial charge < -0.3 is 20.4 Å². The summed E-state index contributed by atoms with van der Waals surface area (Å²) in [6, 6.07) is 17.3. The van der Waals surface area contributed by atoms with Gasteiger partial charge in [-0.15, -0.1) is 24.0 Å². The number of halogens is 1. The molecule has 1 amide bonds. The van der Waals surface area contributed by atoms with E-state index in [1.807, 2.05) is 68.4 Å². The van der Waals surface area contributed by atoms with Gasteiger partial charge in [0.25, 0.3) is 0 Å². The minimum atomic E-state index is -0.168. The number of carbonyl (C=O) groups is 1. The van der Waals surface area contributed by atoms with Crippen LogP contribution in [0.25, 0.3) is 11.0 Å².